The third kappa shape index (κ3) is 4.87. The smallest absolute Gasteiger partial charge is 0.327 e. The van der Waals surface area contributed by atoms with E-state index in [1.807, 2.05) is 40.7 Å². The molecule has 28 heavy (non-hydrogen) atoms. The second-order valence-electron chi connectivity index (χ2n) is 7.72. The fourth-order valence-electron chi connectivity index (χ4n) is 2.85. The van der Waals surface area contributed by atoms with Crippen LogP contribution >= 0.6 is 0 Å². The van der Waals surface area contributed by atoms with Gasteiger partial charge < -0.3 is 5.02 Å². The number of hydrogen-bond donors (Lipinski definition) is 2. The lowest BCUT2D eigenvalue weighted by Crippen LogP contribution is -2.56. The van der Waals surface area contributed by atoms with Crippen molar-refractivity contribution in [3.8, 4) is 0 Å². The van der Waals surface area contributed by atoms with E-state index >= 15 is 0 Å². The third-order valence-electron chi connectivity index (χ3n) is 4.17. The summed E-state index contributed by atoms with van der Waals surface area (Å²) in [5, 5.41) is 10.4. The summed E-state index contributed by atoms with van der Waals surface area (Å²) in [6, 6.07) is 9.83. The van der Waals surface area contributed by atoms with E-state index in [1.54, 1.807) is 12.1 Å². The second kappa shape index (κ2) is 8.40. The van der Waals surface area contributed by atoms with Gasteiger partial charge in [0.15, 0.2) is 0 Å². The van der Waals surface area contributed by atoms with E-state index in [0.717, 1.165) is 18.6 Å². The molecule has 0 unspecified atom stereocenters. The molecule has 0 saturated heterocycles. The predicted molar refractivity (Wildman–Crippen MR) is 109 cm³/mol. The molecular weight excluding hydrogens is 355 g/mol. The molecule has 0 bridgehead atoms. The summed E-state index contributed by atoms with van der Waals surface area (Å²) in [5.74, 6) is -0.858. The number of hydrazine groups is 1. The van der Waals surface area contributed by atoms with Gasteiger partial charge in [0.1, 0.15) is 6.29 Å². The molecule has 0 aliphatic carbocycles. The van der Waals surface area contributed by atoms with E-state index in [1.165, 1.54) is 23.2 Å². The highest BCUT2D eigenvalue weighted by Gasteiger charge is 2.30. The van der Waals surface area contributed by atoms with Crippen molar-refractivity contribution < 1.29 is 19.4 Å². The molecule has 145 valence electrons. The lowest BCUT2D eigenvalue weighted by Gasteiger charge is -2.35. The number of carbonyl (C=O) groups is 3. The van der Waals surface area contributed by atoms with Gasteiger partial charge in [-0.15, -0.1) is 0 Å². The normalized spacial score (nSPS) is 10.9. The lowest BCUT2D eigenvalue weighted by atomic mass is 9.84. The number of benzene rings is 2. The topological polar surface area (TPSA) is 86.7 Å². The molecule has 2 rings (SSSR count). The Labute approximate surface area is 165 Å². The summed E-state index contributed by atoms with van der Waals surface area (Å²) in [6.45, 7) is 9.26. The maximum absolute atomic E-state index is 13.1. The molecule has 0 spiro atoms. The Bertz CT molecular complexity index is 899. The molecule has 0 aromatic heterocycles. The SMILES string of the molecule is Cc1cc(C)cc(C(=O)N(NC(=O)c2ccc([B]O)c(C=O)c2)C(C)(C)C)c1. The quantitative estimate of drug-likeness (QED) is 0.483. The highest BCUT2D eigenvalue weighted by atomic mass is 16.2. The summed E-state index contributed by atoms with van der Waals surface area (Å²) in [6.07, 6.45) is 0.557. The van der Waals surface area contributed by atoms with Crippen LogP contribution < -0.4 is 10.9 Å². The second-order valence-corrected chi connectivity index (χ2v) is 7.72. The van der Waals surface area contributed by atoms with Gasteiger partial charge >= 0.3 is 7.48 Å². The van der Waals surface area contributed by atoms with Crippen LogP contribution in [0.1, 0.15) is 63.0 Å². The van der Waals surface area contributed by atoms with Gasteiger partial charge in [-0.25, -0.2) is 5.01 Å². The van der Waals surface area contributed by atoms with Crippen molar-refractivity contribution in [3.05, 3.63) is 64.2 Å². The molecule has 0 fully saturated rings. The van der Waals surface area contributed by atoms with Gasteiger partial charge in [0.05, 0.1) is 5.54 Å². The minimum atomic E-state index is -0.684. The minimum Gasteiger partial charge on any atom is -0.450 e. The lowest BCUT2D eigenvalue weighted by molar-refractivity contribution is 0.0358. The Hall–Kier alpha value is -2.93. The maximum atomic E-state index is 13.1. The van der Waals surface area contributed by atoms with Crippen molar-refractivity contribution in [3.63, 3.8) is 0 Å². The number of aldehydes is 1. The fourth-order valence-corrected chi connectivity index (χ4v) is 2.85. The number of amides is 2. The number of hydrogen-bond acceptors (Lipinski definition) is 4. The Balaban J connectivity index is 2.36. The average Bonchev–Trinajstić information content (AvgIpc) is 2.63. The first-order chi connectivity index (χ1) is 13.1. The van der Waals surface area contributed by atoms with E-state index in [4.69, 9.17) is 5.02 Å². The van der Waals surface area contributed by atoms with Crippen LogP contribution in [0.25, 0.3) is 0 Å². The number of carbonyl (C=O) groups excluding carboxylic acids is 3. The van der Waals surface area contributed by atoms with E-state index in [9.17, 15) is 14.4 Å². The summed E-state index contributed by atoms with van der Waals surface area (Å²) < 4.78 is 0. The third-order valence-corrected chi connectivity index (χ3v) is 4.17. The zero-order valence-electron chi connectivity index (χ0n) is 16.7. The molecule has 0 atom stereocenters. The largest absolute Gasteiger partial charge is 0.450 e. The van der Waals surface area contributed by atoms with Gasteiger partial charge in [-0.05, 0) is 64.3 Å². The number of nitrogens with zero attached hydrogens (tertiary/aromatic N) is 1. The van der Waals surface area contributed by atoms with E-state index in [-0.39, 0.29) is 17.0 Å². The van der Waals surface area contributed by atoms with Gasteiger partial charge in [0.2, 0.25) is 0 Å². The molecule has 2 aromatic carbocycles. The average molecular weight is 379 g/mol. The molecule has 1 radical (unpaired) electrons. The predicted octanol–water partition coefficient (Wildman–Crippen LogP) is 1.94. The first kappa shape index (κ1) is 21.4. The van der Waals surface area contributed by atoms with Gasteiger partial charge in [-0.2, -0.15) is 0 Å². The fraction of sp³-hybridized carbons (Fsp3) is 0.286. The van der Waals surface area contributed by atoms with Crippen LogP contribution in [0.3, 0.4) is 0 Å². The van der Waals surface area contributed by atoms with Crippen LogP contribution in [0.15, 0.2) is 36.4 Å². The van der Waals surface area contributed by atoms with Crippen LogP contribution in [0.5, 0.6) is 0 Å². The van der Waals surface area contributed by atoms with Crippen molar-refractivity contribution in [2.45, 2.75) is 40.2 Å². The van der Waals surface area contributed by atoms with Crippen LogP contribution in [0, 0.1) is 13.8 Å². The number of nitrogens with one attached hydrogen (secondary N) is 1. The van der Waals surface area contributed by atoms with Gasteiger partial charge in [-0.3, -0.25) is 19.8 Å². The first-order valence-corrected chi connectivity index (χ1v) is 8.87. The Kier molecular flexibility index (Phi) is 6.41. The van der Waals surface area contributed by atoms with Crippen LogP contribution in [-0.4, -0.2) is 41.2 Å². The maximum Gasteiger partial charge on any atom is 0.327 e. The van der Waals surface area contributed by atoms with Crippen molar-refractivity contribution in [2.24, 2.45) is 0 Å². The first-order valence-electron chi connectivity index (χ1n) is 8.87. The molecular formula is C21H24BN2O4. The van der Waals surface area contributed by atoms with Gasteiger partial charge in [0.25, 0.3) is 11.8 Å². The van der Waals surface area contributed by atoms with E-state index < -0.39 is 11.4 Å². The van der Waals surface area contributed by atoms with Gasteiger partial charge in [0, 0.05) is 16.7 Å². The van der Waals surface area contributed by atoms with Crippen LogP contribution in [-0.2, 0) is 0 Å². The number of aryl methyl sites for hydroxylation is 2. The summed E-state index contributed by atoms with van der Waals surface area (Å²) in [4.78, 5) is 37.0. The van der Waals surface area contributed by atoms with Crippen LogP contribution in [0.2, 0.25) is 0 Å². The molecule has 0 heterocycles. The Morgan fingerprint density at radius 2 is 1.64 bits per heavy atom. The molecule has 2 N–H and O–H groups in total. The van der Waals surface area contributed by atoms with Crippen molar-refractivity contribution in [2.75, 3.05) is 0 Å². The van der Waals surface area contributed by atoms with E-state index in [0.29, 0.717) is 17.3 Å². The van der Waals surface area contributed by atoms with Crippen LogP contribution in [0.4, 0.5) is 0 Å². The summed E-state index contributed by atoms with van der Waals surface area (Å²) in [7, 11) is 0.802. The summed E-state index contributed by atoms with van der Waals surface area (Å²) in [5.41, 5.74) is 5.05. The molecule has 7 heteroatoms. The number of rotatable bonds is 4. The van der Waals surface area contributed by atoms with Crippen molar-refractivity contribution in [1.29, 1.82) is 0 Å². The Morgan fingerprint density at radius 1 is 1.04 bits per heavy atom. The zero-order chi connectivity index (χ0) is 21.1. The van der Waals surface area contributed by atoms with Crippen molar-refractivity contribution in [1.82, 2.24) is 10.4 Å². The zero-order valence-corrected chi connectivity index (χ0v) is 16.7. The molecule has 0 aliphatic rings. The summed E-state index contributed by atoms with van der Waals surface area (Å²) >= 11 is 0. The van der Waals surface area contributed by atoms with Gasteiger partial charge in [-0.1, -0.05) is 23.3 Å². The highest BCUT2D eigenvalue weighted by Crippen LogP contribution is 2.18. The van der Waals surface area contributed by atoms with Crippen molar-refractivity contribution >= 4 is 31.0 Å². The monoisotopic (exact) mass is 379 g/mol. The minimum absolute atomic E-state index is 0.179. The molecule has 0 aliphatic heterocycles. The molecule has 0 saturated carbocycles. The molecule has 2 aromatic rings. The van der Waals surface area contributed by atoms with E-state index in [2.05, 4.69) is 5.43 Å². The Morgan fingerprint density at radius 3 is 2.14 bits per heavy atom. The molecule has 6 nitrogen and oxygen atoms in total. The standard InChI is InChI=1S/C21H24BN2O4/c1-13-8-14(2)10-16(9-13)20(27)24(21(3,4)5)23-19(26)15-6-7-18(22-28)17(11-15)12-25/h6-12,28H,1-5H3,(H,23,26). The molecule has 2 amide bonds. The highest BCUT2D eigenvalue weighted by molar-refractivity contribution is 6.47.